The molecule has 0 amide bonds. The number of anilines is 1. The molecule has 0 saturated heterocycles. The number of para-hydroxylation sites is 2. The molecule has 2 heterocycles. The van der Waals surface area contributed by atoms with E-state index in [1.807, 2.05) is 37.3 Å². The number of hydrazone groups is 1. The molecule has 0 spiro atoms. The minimum Gasteiger partial charge on any atom is -0.455 e. The van der Waals surface area contributed by atoms with Gasteiger partial charge in [-0.25, -0.2) is 0 Å². The van der Waals surface area contributed by atoms with Crippen molar-refractivity contribution in [1.29, 1.82) is 0 Å². The van der Waals surface area contributed by atoms with Gasteiger partial charge < -0.3 is 4.42 Å². The first kappa shape index (κ1) is 17.4. The van der Waals surface area contributed by atoms with Crippen molar-refractivity contribution in [3.63, 3.8) is 0 Å². The molecule has 4 aromatic rings. The highest BCUT2D eigenvalue weighted by Gasteiger charge is 2.16. The van der Waals surface area contributed by atoms with Crippen LogP contribution in [0.4, 0.5) is 11.4 Å². The first-order valence-electron chi connectivity index (χ1n) is 8.61. The third-order valence-corrected chi connectivity index (χ3v) is 4.21. The van der Waals surface area contributed by atoms with Crippen LogP contribution in [0.1, 0.15) is 11.5 Å². The average Bonchev–Trinajstić information content (AvgIpc) is 3.16. The molecule has 0 aliphatic carbocycles. The van der Waals surface area contributed by atoms with Crippen molar-refractivity contribution in [3.05, 3.63) is 88.3 Å². The number of pyridine rings is 1. The number of hydrogen-bond acceptors (Lipinski definition) is 6. The molecule has 0 radical (unpaired) electrons. The summed E-state index contributed by atoms with van der Waals surface area (Å²) in [5, 5.41) is 16.4. The Morgan fingerprint density at radius 2 is 1.89 bits per heavy atom. The number of nitrogens with one attached hydrogen (secondary N) is 1. The first-order chi connectivity index (χ1) is 13.6. The summed E-state index contributed by atoms with van der Waals surface area (Å²) in [5.41, 5.74) is 6.05. The predicted octanol–water partition coefficient (Wildman–Crippen LogP) is 5.16. The van der Waals surface area contributed by atoms with E-state index in [9.17, 15) is 10.1 Å². The molecule has 0 fully saturated rings. The molecule has 0 bridgehead atoms. The van der Waals surface area contributed by atoms with Gasteiger partial charge in [0.15, 0.2) is 0 Å². The van der Waals surface area contributed by atoms with E-state index in [2.05, 4.69) is 15.5 Å². The maximum atomic E-state index is 11.2. The second kappa shape index (κ2) is 7.32. The Bertz CT molecular complexity index is 1200. The van der Waals surface area contributed by atoms with Crippen molar-refractivity contribution < 1.29 is 9.34 Å². The summed E-state index contributed by atoms with van der Waals surface area (Å²) >= 11 is 0. The fourth-order valence-electron chi connectivity index (χ4n) is 2.97. The number of furan rings is 1. The number of aryl methyl sites for hydroxylation is 1. The van der Waals surface area contributed by atoms with Crippen LogP contribution in [0.25, 0.3) is 22.2 Å². The lowest BCUT2D eigenvalue weighted by Gasteiger charge is -2.06. The SMILES string of the molecule is Cc1cc(N/N=C/c2ccc(-c3ccccc3[N+](=O)[O-])o2)c2ccccc2n1. The quantitative estimate of drug-likeness (QED) is 0.297. The van der Waals surface area contributed by atoms with Gasteiger partial charge in [-0.05, 0) is 37.3 Å². The van der Waals surface area contributed by atoms with E-state index < -0.39 is 4.92 Å². The molecular formula is C21H16N4O3. The fourth-order valence-corrected chi connectivity index (χ4v) is 2.97. The number of benzene rings is 2. The number of fused-ring (bicyclic) bond motifs is 1. The Balaban J connectivity index is 1.57. The monoisotopic (exact) mass is 372 g/mol. The standard InChI is InChI=1S/C21H16N4O3/c1-14-12-19(16-6-2-4-8-18(16)23-14)24-22-13-15-10-11-21(28-15)17-7-3-5-9-20(17)25(26)27/h2-13H,1H3,(H,23,24)/b22-13+. The van der Waals surface area contributed by atoms with Crippen molar-refractivity contribution in [2.24, 2.45) is 5.10 Å². The molecule has 0 unspecified atom stereocenters. The Morgan fingerprint density at radius 1 is 1.11 bits per heavy atom. The van der Waals surface area contributed by atoms with E-state index in [0.717, 1.165) is 22.3 Å². The summed E-state index contributed by atoms with van der Waals surface area (Å²) in [4.78, 5) is 15.3. The molecule has 0 atom stereocenters. The van der Waals surface area contributed by atoms with Crippen LogP contribution in [-0.4, -0.2) is 16.1 Å². The van der Waals surface area contributed by atoms with Crippen molar-refractivity contribution in [1.82, 2.24) is 4.98 Å². The van der Waals surface area contributed by atoms with E-state index in [1.54, 1.807) is 30.3 Å². The zero-order chi connectivity index (χ0) is 19.5. The molecule has 1 N–H and O–H groups in total. The summed E-state index contributed by atoms with van der Waals surface area (Å²) < 4.78 is 5.70. The lowest BCUT2D eigenvalue weighted by atomic mass is 10.1. The molecule has 0 aliphatic heterocycles. The van der Waals surface area contributed by atoms with Crippen LogP contribution in [0.2, 0.25) is 0 Å². The zero-order valence-corrected chi connectivity index (χ0v) is 15.0. The second-order valence-electron chi connectivity index (χ2n) is 6.17. The van der Waals surface area contributed by atoms with E-state index in [0.29, 0.717) is 17.1 Å². The van der Waals surface area contributed by atoms with Crippen molar-refractivity contribution >= 4 is 28.5 Å². The number of nitro groups is 1. The second-order valence-corrected chi connectivity index (χ2v) is 6.17. The molecule has 28 heavy (non-hydrogen) atoms. The van der Waals surface area contributed by atoms with Gasteiger partial charge >= 0.3 is 0 Å². The van der Waals surface area contributed by atoms with Gasteiger partial charge in [0.2, 0.25) is 0 Å². The number of hydrogen-bond donors (Lipinski definition) is 1. The fraction of sp³-hybridized carbons (Fsp3) is 0.0476. The van der Waals surface area contributed by atoms with Gasteiger partial charge in [-0.1, -0.05) is 30.3 Å². The van der Waals surface area contributed by atoms with Crippen LogP contribution in [0.5, 0.6) is 0 Å². The van der Waals surface area contributed by atoms with Gasteiger partial charge in [-0.2, -0.15) is 5.10 Å². The Kier molecular flexibility index (Phi) is 4.55. The molecule has 4 rings (SSSR count). The van der Waals surface area contributed by atoms with Gasteiger partial charge in [0.05, 0.1) is 27.9 Å². The normalized spacial score (nSPS) is 11.2. The molecule has 2 aromatic heterocycles. The van der Waals surface area contributed by atoms with Crippen LogP contribution in [-0.2, 0) is 0 Å². The highest BCUT2D eigenvalue weighted by molar-refractivity contribution is 5.91. The summed E-state index contributed by atoms with van der Waals surface area (Å²) in [7, 11) is 0. The number of nitrogens with zero attached hydrogens (tertiary/aromatic N) is 3. The van der Waals surface area contributed by atoms with Crippen molar-refractivity contribution in [2.45, 2.75) is 6.92 Å². The van der Waals surface area contributed by atoms with E-state index in [-0.39, 0.29) is 5.69 Å². The molecule has 138 valence electrons. The Labute approximate surface area is 160 Å². The third-order valence-electron chi connectivity index (χ3n) is 4.21. The van der Waals surface area contributed by atoms with E-state index in [4.69, 9.17) is 4.42 Å². The van der Waals surface area contributed by atoms with Crippen LogP contribution >= 0.6 is 0 Å². The topological polar surface area (TPSA) is 93.6 Å². The lowest BCUT2D eigenvalue weighted by molar-refractivity contribution is -0.384. The van der Waals surface area contributed by atoms with E-state index in [1.165, 1.54) is 12.3 Å². The largest absolute Gasteiger partial charge is 0.455 e. The van der Waals surface area contributed by atoms with Gasteiger partial charge in [-0.15, -0.1) is 0 Å². The van der Waals surface area contributed by atoms with Crippen LogP contribution in [0, 0.1) is 17.0 Å². The van der Waals surface area contributed by atoms with Gasteiger partial charge in [0.25, 0.3) is 5.69 Å². The first-order valence-corrected chi connectivity index (χ1v) is 8.61. The van der Waals surface area contributed by atoms with Gasteiger partial charge in [0, 0.05) is 17.1 Å². The molecule has 0 aliphatic rings. The smallest absolute Gasteiger partial charge is 0.280 e. The molecular weight excluding hydrogens is 356 g/mol. The van der Waals surface area contributed by atoms with Crippen LogP contribution < -0.4 is 5.43 Å². The maximum Gasteiger partial charge on any atom is 0.280 e. The van der Waals surface area contributed by atoms with Gasteiger partial charge in [-0.3, -0.25) is 20.5 Å². The highest BCUT2D eigenvalue weighted by Crippen LogP contribution is 2.30. The predicted molar refractivity (Wildman–Crippen MR) is 108 cm³/mol. The molecule has 7 heteroatoms. The maximum absolute atomic E-state index is 11.2. The summed E-state index contributed by atoms with van der Waals surface area (Å²) in [6, 6.07) is 19.6. The highest BCUT2D eigenvalue weighted by atomic mass is 16.6. The summed E-state index contributed by atoms with van der Waals surface area (Å²) in [6.45, 7) is 1.92. The molecule has 2 aromatic carbocycles. The number of nitro benzene ring substituents is 1. The third kappa shape index (κ3) is 3.45. The lowest BCUT2D eigenvalue weighted by Crippen LogP contribution is -1.94. The minimum absolute atomic E-state index is 0.00260. The molecule has 0 saturated carbocycles. The number of rotatable bonds is 5. The van der Waals surface area contributed by atoms with Crippen LogP contribution in [0.3, 0.4) is 0 Å². The summed E-state index contributed by atoms with van der Waals surface area (Å²) in [5.74, 6) is 0.898. The zero-order valence-electron chi connectivity index (χ0n) is 15.0. The van der Waals surface area contributed by atoms with Crippen molar-refractivity contribution in [3.8, 4) is 11.3 Å². The number of aromatic nitrogens is 1. The Hall–Kier alpha value is -4.00. The van der Waals surface area contributed by atoms with Gasteiger partial charge in [0.1, 0.15) is 11.5 Å². The Morgan fingerprint density at radius 3 is 2.75 bits per heavy atom. The average molecular weight is 372 g/mol. The van der Waals surface area contributed by atoms with Crippen LogP contribution in [0.15, 0.2) is 76.2 Å². The van der Waals surface area contributed by atoms with E-state index >= 15 is 0 Å². The minimum atomic E-state index is -0.427. The van der Waals surface area contributed by atoms with Crippen molar-refractivity contribution in [2.75, 3.05) is 5.43 Å². The summed E-state index contributed by atoms with van der Waals surface area (Å²) in [6.07, 6.45) is 1.53. The molecule has 7 nitrogen and oxygen atoms in total.